The zero-order valence-corrected chi connectivity index (χ0v) is 9.02. The van der Waals surface area contributed by atoms with Gasteiger partial charge in [0.25, 0.3) is 0 Å². The van der Waals surface area contributed by atoms with E-state index in [1.165, 1.54) is 32.1 Å². The lowest BCUT2D eigenvalue weighted by molar-refractivity contribution is -0.559. The van der Waals surface area contributed by atoms with Crippen molar-refractivity contribution in [2.45, 2.75) is 25.9 Å². The van der Waals surface area contributed by atoms with Crippen LogP contribution in [0.1, 0.15) is 20.3 Å². The summed E-state index contributed by atoms with van der Waals surface area (Å²) in [6.07, 6.45) is 4.04. The van der Waals surface area contributed by atoms with Crippen molar-refractivity contribution in [1.82, 2.24) is 5.32 Å². The Bertz CT molecular complexity index is 411. The number of hydrogen-bond acceptors (Lipinski definition) is 4. The highest BCUT2D eigenvalue weighted by molar-refractivity contribution is 5.96. The molecular formula is C10H12N2O4. The van der Waals surface area contributed by atoms with Crippen LogP contribution in [0.5, 0.6) is 0 Å². The van der Waals surface area contributed by atoms with Gasteiger partial charge in [0.15, 0.2) is 5.78 Å². The number of carbonyl (C=O) groups excluding carboxylic acids is 2. The van der Waals surface area contributed by atoms with Gasteiger partial charge >= 0.3 is 5.66 Å². The van der Waals surface area contributed by atoms with Crippen LogP contribution in [0.2, 0.25) is 0 Å². The molecule has 16 heavy (non-hydrogen) atoms. The van der Waals surface area contributed by atoms with Gasteiger partial charge in [-0.15, -0.1) is 0 Å². The minimum atomic E-state index is -1.62. The van der Waals surface area contributed by atoms with Crippen molar-refractivity contribution in [2.75, 3.05) is 0 Å². The van der Waals surface area contributed by atoms with Crippen LogP contribution in [0, 0.1) is 10.1 Å². The molecule has 0 aromatic rings. The van der Waals surface area contributed by atoms with E-state index in [0.717, 1.165) is 0 Å². The molecule has 0 saturated carbocycles. The number of allylic oxidation sites excluding steroid dienone is 2. The van der Waals surface area contributed by atoms with E-state index in [1.807, 2.05) is 0 Å². The van der Waals surface area contributed by atoms with Gasteiger partial charge < -0.3 is 0 Å². The summed E-state index contributed by atoms with van der Waals surface area (Å²) in [6, 6.07) is 0. The van der Waals surface area contributed by atoms with Crippen molar-refractivity contribution < 1.29 is 14.5 Å². The Hall–Kier alpha value is -1.98. The predicted octanol–water partition coefficient (Wildman–Crippen LogP) is 0.571. The molecule has 1 unspecified atom stereocenters. The number of nitro groups is 1. The number of Topliss-reactive ketones (excluding diaryl/α,β-unsaturated/α-hetero) is 1. The van der Waals surface area contributed by atoms with Crippen molar-refractivity contribution in [3.05, 3.63) is 33.9 Å². The monoisotopic (exact) mass is 224 g/mol. The largest absolute Gasteiger partial charge is 0.318 e. The summed E-state index contributed by atoms with van der Waals surface area (Å²) in [5.41, 5.74) is -1.20. The van der Waals surface area contributed by atoms with Gasteiger partial charge in [-0.2, -0.15) is 0 Å². The van der Waals surface area contributed by atoms with Crippen molar-refractivity contribution in [3.63, 3.8) is 0 Å². The molecule has 0 heterocycles. The third kappa shape index (κ3) is 2.33. The van der Waals surface area contributed by atoms with Crippen molar-refractivity contribution >= 4 is 11.7 Å². The number of amides is 1. The maximum absolute atomic E-state index is 11.0. The van der Waals surface area contributed by atoms with Crippen LogP contribution in [0.25, 0.3) is 0 Å². The summed E-state index contributed by atoms with van der Waals surface area (Å²) in [6.45, 7) is 2.59. The standard InChI is InChI=1S/C10H12N2O4/c1-7(13)9-3-5-10(6-4-9,12(15)16)11-8(2)14/h3-5H,6H2,1-2H3,(H,11,14). The fourth-order valence-electron chi connectivity index (χ4n) is 1.47. The molecule has 1 aliphatic rings. The Balaban J connectivity index is 2.96. The average molecular weight is 224 g/mol. The second-order valence-corrected chi connectivity index (χ2v) is 3.62. The number of hydrogen-bond donors (Lipinski definition) is 1. The number of ketones is 1. The molecular weight excluding hydrogens is 212 g/mol. The molecule has 86 valence electrons. The molecule has 0 bridgehead atoms. The Kier molecular flexibility index (Phi) is 3.22. The maximum Gasteiger partial charge on any atom is 0.318 e. The summed E-state index contributed by atoms with van der Waals surface area (Å²) < 4.78 is 0. The van der Waals surface area contributed by atoms with Gasteiger partial charge in [-0.1, -0.05) is 6.08 Å². The Morgan fingerprint density at radius 2 is 2.12 bits per heavy atom. The molecule has 1 N–H and O–H groups in total. The van der Waals surface area contributed by atoms with E-state index in [-0.39, 0.29) is 12.2 Å². The van der Waals surface area contributed by atoms with Gasteiger partial charge in [-0.25, -0.2) is 0 Å². The molecule has 0 aromatic heterocycles. The summed E-state index contributed by atoms with van der Waals surface area (Å²) in [5.74, 6) is -0.642. The maximum atomic E-state index is 11.0. The molecule has 1 rings (SSSR count). The lowest BCUT2D eigenvalue weighted by Gasteiger charge is -2.23. The fraction of sp³-hybridized carbons (Fsp3) is 0.400. The van der Waals surface area contributed by atoms with Crippen LogP contribution >= 0.6 is 0 Å². The van der Waals surface area contributed by atoms with Crippen molar-refractivity contribution in [2.24, 2.45) is 0 Å². The Morgan fingerprint density at radius 3 is 2.44 bits per heavy atom. The van der Waals surface area contributed by atoms with E-state index < -0.39 is 16.5 Å². The molecule has 1 aliphatic carbocycles. The zero-order valence-electron chi connectivity index (χ0n) is 9.02. The third-order valence-corrected chi connectivity index (χ3v) is 2.30. The first-order chi connectivity index (χ1) is 7.37. The van der Waals surface area contributed by atoms with Gasteiger partial charge in [0.05, 0.1) is 11.3 Å². The summed E-state index contributed by atoms with van der Waals surface area (Å²) in [5, 5.41) is 13.2. The first kappa shape index (κ1) is 12.1. The molecule has 0 spiro atoms. The van der Waals surface area contributed by atoms with Crippen LogP contribution in [-0.4, -0.2) is 22.3 Å². The van der Waals surface area contributed by atoms with E-state index in [4.69, 9.17) is 0 Å². The number of carbonyl (C=O) groups is 2. The third-order valence-electron chi connectivity index (χ3n) is 2.30. The van der Waals surface area contributed by atoms with Gasteiger partial charge in [-0.3, -0.25) is 25.0 Å². The lowest BCUT2D eigenvalue weighted by Crippen LogP contribution is -2.52. The van der Waals surface area contributed by atoms with Crippen LogP contribution in [-0.2, 0) is 9.59 Å². The number of nitrogens with zero attached hydrogens (tertiary/aromatic N) is 1. The van der Waals surface area contributed by atoms with Crippen molar-refractivity contribution in [1.29, 1.82) is 0 Å². The van der Waals surface area contributed by atoms with Crippen LogP contribution < -0.4 is 5.32 Å². The van der Waals surface area contributed by atoms with Gasteiger partial charge in [0.2, 0.25) is 5.91 Å². The van der Waals surface area contributed by atoms with E-state index in [1.54, 1.807) is 0 Å². The van der Waals surface area contributed by atoms with Crippen molar-refractivity contribution in [3.8, 4) is 0 Å². The molecule has 0 aliphatic heterocycles. The smallest absolute Gasteiger partial charge is 0.295 e. The average Bonchev–Trinajstić information content (AvgIpc) is 2.17. The molecule has 1 amide bonds. The second-order valence-electron chi connectivity index (χ2n) is 3.62. The van der Waals surface area contributed by atoms with E-state index in [9.17, 15) is 19.7 Å². The summed E-state index contributed by atoms with van der Waals surface area (Å²) in [4.78, 5) is 32.3. The Labute approximate surface area is 92.2 Å². The first-order valence-electron chi connectivity index (χ1n) is 4.71. The molecule has 1 atom stereocenters. The molecule has 0 radical (unpaired) electrons. The topological polar surface area (TPSA) is 89.3 Å². The summed E-state index contributed by atoms with van der Waals surface area (Å²) in [7, 11) is 0. The lowest BCUT2D eigenvalue weighted by atomic mass is 9.95. The normalized spacial score (nSPS) is 23.5. The van der Waals surface area contributed by atoms with Gasteiger partial charge in [-0.05, 0) is 13.0 Å². The molecule has 0 aromatic carbocycles. The molecule has 6 nitrogen and oxygen atoms in total. The minimum Gasteiger partial charge on any atom is -0.295 e. The van der Waals surface area contributed by atoms with Crippen LogP contribution in [0.3, 0.4) is 0 Å². The van der Waals surface area contributed by atoms with E-state index in [2.05, 4.69) is 5.32 Å². The van der Waals surface area contributed by atoms with E-state index >= 15 is 0 Å². The molecule has 0 saturated heterocycles. The number of rotatable bonds is 3. The van der Waals surface area contributed by atoms with Crippen LogP contribution in [0.4, 0.5) is 0 Å². The minimum absolute atomic E-state index is 0.0228. The predicted molar refractivity (Wildman–Crippen MR) is 56.1 cm³/mol. The second kappa shape index (κ2) is 4.26. The van der Waals surface area contributed by atoms with E-state index in [0.29, 0.717) is 5.57 Å². The number of nitrogens with one attached hydrogen (secondary N) is 1. The quantitative estimate of drug-likeness (QED) is 0.431. The highest BCUT2D eigenvalue weighted by atomic mass is 16.6. The molecule has 6 heteroatoms. The summed E-state index contributed by atoms with van der Waals surface area (Å²) >= 11 is 0. The molecule has 0 fully saturated rings. The highest BCUT2D eigenvalue weighted by Crippen LogP contribution is 2.22. The van der Waals surface area contributed by atoms with Crippen LogP contribution in [0.15, 0.2) is 23.8 Å². The SMILES string of the molecule is CC(=O)NC1([N+](=O)[O-])C=CC(C(C)=O)=CC1. The fourth-order valence-corrected chi connectivity index (χ4v) is 1.47. The first-order valence-corrected chi connectivity index (χ1v) is 4.71. The Morgan fingerprint density at radius 1 is 1.50 bits per heavy atom. The highest BCUT2D eigenvalue weighted by Gasteiger charge is 2.41. The van der Waals surface area contributed by atoms with Gasteiger partial charge in [0.1, 0.15) is 0 Å². The zero-order chi connectivity index (χ0) is 12.3. The van der Waals surface area contributed by atoms with Gasteiger partial charge in [0, 0.05) is 18.6 Å².